The minimum absolute atomic E-state index is 0.582. The third-order valence-electron chi connectivity index (χ3n) is 2.12. The molecular weight excluding hydrogens is 224 g/mol. The lowest BCUT2D eigenvalue weighted by Crippen LogP contribution is -2.15. The average Bonchev–Trinajstić information content (AvgIpc) is 2.00. The number of rotatable bonds is 3. The van der Waals surface area contributed by atoms with Crippen molar-refractivity contribution < 1.29 is 0 Å². The smallest absolute Gasteiger partial charge is 0.0831 e. The Balaban J connectivity index is 3.15. The number of hydrogen-bond acceptors (Lipinski definition) is 2. The van der Waals surface area contributed by atoms with Gasteiger partial charge in [0.1, 0.15) is 0 Å². The highest BCUT2D eigenvalue weighted by Crippen LogP contribution is 2.68. The Labute approximate surface area is 96.5 Å². The van der Waals surface area contributed by atoms with Gasteiger partial charge in [-0.25, -0.2) is 20.1 Å². The summed E-state index contributed by atoms with van der Waals surface area (Å²) < 4.78 is 0.582. The zero-order valence-electron chi connectivity index (χ0n) is 10.5. The van der Waals surface area contributed by atoms with Gasteiger partial charge in [0.2, 0.25) is 0 Å². The molecule has 0 saturated heterocycles. The van der Waals surface area contributed by atoms with E-state index in [0.717, 1.165) is 0 Å². The van der Waals surface area contributed by atoms with Gasteiger partial charge in [0.15, 0.2) is 0 Å². The normalized spacial score (nSPS) is 15.4. The van der Waals surface area contributed by atoms with Crippen molar-refractivity contribution in [3.8, 4) is 0 Å². The molecule has 0 unspecified atom stereocenters. The van der Waals surface area contributed by atoms with Crippen LogP contribution < -0.4 is 0 Å². The molecule has 88 valence electrons. The fourth-order valence-electron chi connectivity index (χ4n) is 2.03. The second-order valence-electron chi connectivity index (χ2n) is 5.34. The molecule has 4 heteroatoms. The summed E-state index contributed by atoms with van der Waals surface area (Å²) in [4.78, 5) is 0. The van der Waals surface area contributed by atoms with Crippen LogP contribution in [-0.4, -0.2) is 47.7 Å². The Morgan fingerprint density at radius 3 is 1.87 bits per heavy atom. The molecule has 1 aromatic rings. The van der Waals surface area contributed by atoms with Gasteiger partial charge in [-0.2, -0.15) is 10.2 Å². The summed E-state index contributed by atoms with van der Waals surface area (Å²) in [5.41, 5.74) is 1.17. The summed E-state index contributed by atoms with van der Waals surface area (Å²) in [5.74, 6) is 0. The number of nitrogens with zero attached hydrogens (tertiary/aromatic N) is 2. The van der Waals surface area contributed by atoms with Crippen LogP contribution in [0.4, 0.5) is 0 Å². The molecule has 0 aliphatic carbocycles. The van der Waals surface area contributed by atoms with Crippen LogP contribution >= 0.6 is 20.1 Å². The first kappa shape index (κ1) is 12.8. The molecular formula is C11H22N2S2. The van der Waals surface area contributed by atoms with E-state index < -0.39 is 20.1 Å². The second kappa shape index (κ2) is 4.34. The summed E-state index contributed by atoms with van der Waals surface area (Å²) >= 11 is 0. The third kappa shape index (κ3) is 3.38. The van der Waals surface area contributed by atoms with Gasteiger partial charge in [-0.15, -0.1) is 0 Å². The van der Waals surface area contributed by atoms with Crippen LogP contribution in [0.5, 0.6) is 0 Å². The predicted molar refractivity (Wildman–Crippen MR) is 75.5 cm³/mol. The molecule has 15 heavy (non-hydrogen) atoms. The van der Waals surface area contributed by atoms with Crippen molar-refractivity contribution in [1.29, 1.82) is 0 Å². The maximum Gasteiger partial charge on any atom is 0.0831 e. The second-order valence-corrected chi connectivity index (χ2v) is 14.3. The van der Waals surface area contributed by atoms with E-state index in [1.807, 2.05) is 6.07 Å². The highest BCUT2D eigenvalue weighted by Gasteiger charge is 2.31. The summed E-state index contributed by atoms with van der Waals surface area (Å²) in [7, 11) is -1.28. The molecule has 0 aliphatic heterocycles. The molecule has 0 spiro atoms. The van der Waals surface area contributed by atoms with Gasteiger partial charge >= 0.3 is 0 Å². The van der Waals surface area contributed by atoms with Gasteiger partial charge in [0.05, 0.1) is 10.3 Å². The van der Waals surface area contributed by atoms with Gasteiger partial charge in [-0.1, -0.05) is 0 Å². The van der Waals surface area contributed by atoms with E-state index in [1.165, 1.54) is 5.69 Å². The minimum atomic E-state index is -0.641. The highest BCUT2D eigenvalue weighted by molar-refractivity contribution is 8.47. The summed E-state index contributed by atoms with van der Waals surface area (Å²) in [6.45, 7) is 0. The number of hydrogen-bond donors (Lipinski definition) is 0. The van der Waals surface area contributed by atoms with Crippen molar-refractivity contribution in [1.82, 2.24) is 10.2 Å². The molecule has 0 amide bonds. The van der Waals surface area contributed by atoms with Crippen molar-refractivity contribution in [3.05, 3.63) is 24.0 Å². The Hall–Kier alpha value is -0.220. The van der Waals surface area contributed by atoms with Crippen LogP contribution in [0, 0.1) is 0 Å². The molecule has 1 aromatic heterocycles. The lowest BCUT2D eigenvalue weighted by Gasteiger charge is -2.47. The maximum absolute atomic E-state index is 4.30. The van der Waals surface area contributed by atoms with Gasteiger partial charge < -0.3 is 0 Å². The monoisotopic (exact) mass is 246 g/mol. The molecule has 0 radical (unpaired) electrons. The maximum atomic E-state index is 4.30. The first-order chi connectivity index (χ1) is 6.73. The van der Waals surface area contributed by atoms with E-state index in [1.54, 1.807) is 6.20 Å². The summed E-state index contributed by atoms with van der Waals surface area (Å²) in [5, 5.41) is 8.31. The zero-order chi connectivity index (χ0) is 11.7. The van der Waals surface area contributed by atoms with Crippen molar-refractivity contribution in [2.45, 2.75) is 4.58 Å². The third-order valence-corrected chi connectivity index (χ3v) is 8.63. The Morgan fingerprint density at radius 2 is 1.53 bits per heavy atom. The van der Waals surface area contributed by atoms with E-state index in [-0.39, 0.29) is 0 Å². The first-order valence-electron chi connectivity index (χ1n) is 4.85. The Morgan fingerprint density at radius 1 is 1.00 bits per heavy atom. The van der Waals surface area contributed by atoms with E-state index in [0.29, 0.717) is 4.58 Å². The molecule has 0 aliphatic rings. The molecule has 1 heterocycles. The zero-order valence-corrected chi connectivity index (χ0v) is 12.2. The lowest BCUT2D eigenvalue weighted by molar-refractivity contribution is 0.960. The van der Waals surface area contributed by atoms with Gasteiger partial charge in [-0.05, 0) is 49.7 Å². The van der Waals surface area contributed by atoms with Gasteiger partial charge in [0, 0.05) is 6.20 Å². The van der Waals surface area contributed by atoms with Crippen LogP contribution in [-0.2, 0) is 0 Å². The molecule has 1 rings (SSSR count). The van der Waals surface area contributed by atoms with Gasteiger partial charge in [0.25, 0.3) is 0 Å². The molecule has 0 bridgehead atoms. The van der Waals surface area contributed by atoms with Crippen molar-refractivity contribution in [3.63, 3.8) is 0 Å². The van der Waals surface area contributed by atoms with E-state index in [4.69, 9.17) is 0 Å². The van der Waals surface area contributed by atoms with E-state index >= 15 is 0 Å². The Bertz CT molecular complexity index is 298. The van der Waals surface area contributed by atoms with Crippen LogP contribution in [0.1, 0.15) is 10.3 Å². The lowest BCUT2D eigenvalue weighted by atomic mass is 10.4. The molecule has 0 aromatic carbocycles. The first-order valence-corrected chi connectivity index (χ1v) is 10.7. The SMILES string of the molecule is CS(C)(C)C(c1cccnn1)S(C)(C)C. The topological polar surface area (TPSA) is 25.8 Å². The minimum Gasteiger partial charge on any atom is -0.234 e. The molecule has 0 fully saturated rings. The van der Waals surface area contributed by atoms with Crippen LogP contribution in [0.25, 0.3) is 0 Å². The highest BCUT2D eigenvalue weighted by atomic mass is 32.3. The predicted octanol–water partition coefficient (Wildman–Crippen LogP) is 2.86. The standard InChI is InChI=1S/C11H22N2S2/c1-14(2,3)11(15(4,5)6)10-8-7-9-12-13-10/h7-9,11H,1-6H3. The summed E-state index contributed by atoms with van der Waals surface area (Å²) in [6.07, 6.45) is 15.9. The van der Waals surface area contributed by atoms with Crippen LogP contribution in [0.2, 0.25) is 0 Å². The van der Waals surface area contributed by atoms with Gasteiger partial charge in [-0.3, -0.25) is 0 Å². The largest absolute Gasteiger partial charge is 0.234 e. The van der Waals surface area contributed by atoms with Crippen molar-refractivity contribution >= 4 is 20.1 Å². The summed E-state index contributed by atoms with van der Waals surface area (Å²) in [6, 6.07) is 4.11. The molecule has 0 saturated carbocycles. The van der Waals surface area contributed by atoms with Crippen LogP contribution in [0.15, 0.2) is 18.3 Å². The molecule has 2 nitrogen and oxygen atoms in total. The molecule has 0 atom stereocenters. The van der Waals surface area contributed by atoms with Crippen molar-refractivity contribution in [2.75, 3.05) is 37.5 Å². The number of aromatic nitrogens is 2. The molecule has 0 N–H and O–H groups in total. The fraction of sp³-hybridized carbons (Fsp3) is 0.636. The van der Waals surface area contributed by atoms with E-state index in [2.05, 4.69) is 53.8 Å². The fourth-order valence-corrected chi connectivity index (χ4v) is 10.7. The average molecular weight is 246 g/mol. The van der Waals surface area contributed by atoms with Crippen molar-refractivity contribution in [2.24, 2.45) is 0 Å². The Kier molecular flexibility index (Phi) is 3.71. The quantitative estimate of drug-likeness (QED) is 0.819. The van der Waals surface area contributed by atoms with Crippen LogP contribution in [0.3, 0.4) is 0 Å². The van der Waals surface area contributed by atoms with E-state index in [9.17, 15) is 0 Å².